The van der Waals surface area contributed by atoms with E-state index < -0.39 is 0 Å². The van der Waals surface area contributed by atoms with Crippen LogP contribution in [0.25, 0.3) is 0 Å². The molecule has 0 aliphatic carbocycles. The SMILES string of the molecule is Cc1ccc(Nc2nccc(NCc3ccco3)n2)cc1C. The number of rotatable bonds is 5. The number of hydrogen-bond acceptors (Lipinski definition) is 5. The number of furan rings is 1. The molecule has 0 spiro atoms. The van der Waals surface area contributed by atoms with Gasteiger partial charge >= 0.3 is 0 Å². The van der Waals surface area contributed by atoms with Gasteiger partial charge in [0.05, 0.1) is 12.8 Å². The smallest absolute Gasteiger partial charge is 0.229 e. The lowest BCUT2D eigenvalue weighted by molar-refractivity contribution is 0.518. The average molecular weight is 294 g/mol. The number of nitrogens with one attached hydrogen (secondary N) is 2. The monoisotopic (exact) mass is 294 g/mol. The molecule has 0 saturated carbocycles. The summed E-state index contributed by atoms with van der Waals surface area (Å²) in [4.78, 5) is 8.69. The molecule has 112 valence electrons. The summed E-state index contributed by atoms with van der Waals surface area (Å²) in [6.45, 7) is 4.77. The lowest BCUT2D eigenvalue weighted by Crippen LogP contribution is -2.03. The summed E-state index contributed by atoms with van der Waals surface area (Å²) < 4.78 is 5.28. The van der Waals surface area contributed by atoms with E-state index in [1.54, 1.807) is 12.5 Å². The van der Waals surface area contributed by atoms with Crippen LogP contribution in [0.5, 0.6) is 0 Å². The highest BCUT2D eigenvalue weighted by Gasteiger charge is 2.02. The van der Waals surface area contributed by atoms with Crippen LogP contribution in [0.15, 0.2) is 53.3 Å². The minimum absolute atomic E-state index is 0.563. The van der Waals surface area contributed by atoms with E-state index in [1.165, 1.54) is 11.1 Å². The maximum Gasteiger partial charge on any atom is 0.229 e. The highest BCUT2D eigenvalue weighted by atomic mass is 16.3. The zero-order valence-electron chi connectivity index (χ0n) is 12.6. The fraction of sp³-hybridized carbons (Fsp3) is 0.176. The van der Waals surface area contributed by atoms with Crippen molar-refractivity contribution in [1.82, 2.24) is 9.97 Å². The molecule has 3 rings (SSSR count). The Morgan fingerprint density at radius 2 is 2.00 bits per heavy atom. The molecule has 5 nitrogen and oxygen atoms in total. The van der Waals surface area contributed by atoms with Crippen molar-refractivity contribution in [2.24, 2.45) is 0 Å². The second kappa shape index (κ2) is 6.30. The topological polar surface area (TPSA) is 63.0 Å². The van der Waals surface area contributed by atoms with Gasteiger partial charge in [-0.3, -0.25) is 0 Å². The van der Waals surface area contributed by atoms with Gasteiger partial charge in [-0.1, -0.05) is 6.07 Å². The Labute approximate surface area is 129 Å². The third-order valence-electron chi connectivity index (χ3n) is 3.44. The van der Waals surface area contributed by atoms with Crippen molar-refractivity contribution in [3.63, 3.8) is 0 Å². The van der Waals surface area contributed by atoms with Crippen molar-refractivity contribution >= 4 is 17.5 Å². The van der Waals surface area contributed by atoms with Crippen molar-refractivity contribution in [2.75, 3.05) is 10.6 Å². The number of hydrogen-bond donors (Lipinski definition) is 2. The van der Waals surface area contributed by atoms with Crippen LogP contribution in [0.3, 0.4) is 0 Å². The molecule has 1 aromatic carbocycles. The van der Waals surface area contributed by atoms with Crippen LogP contribution in [0.4, 0.5) is 17.5 Å². The normalized spacial score (nSPS) is 10.5. The van der Waals surface area contributed by atoms with Crippen LogP contribution in [0.2, 0.25) is 0 Å². The summed E-state index contributed by atoms with van der Waals surface area (Å²) in [5, 5.41) is 6.43. The average Bonchev–Trinajstić information content (AvgIpc) is 3.03. The summed E-state index contributed by atoms with van der Waals surface area (Å²) >= 11 is 0. The van der Waals surface area contributed by atoms with E-state index in [0.717, 1.165) is 17.3 Å². The third kappa shape index (κ3) is 3.44. The van der Waals surface area contributed by atoms with Gasteiger partial charge in [-0.2, -0.15) is 4.98 Å². The van der Waals surface area contributed by atoms with Gasteiger partial charge in [-0.05, 0) is 55.3 Å². The standard InChI is InChI=1S/C17H18N4O/c1-12-5-6-14(10-13(12)2)20-17-18-8-7-16(21-17)19-11-15-4-3-9-22-15/h3-10H,11H2,1-2H3,(H2,18,19,20,21). The minimum atomic E-state index is 0.563. The molecule has 0 unspecified atom stereocenters. The first kappa shape index (κ1) is 14.1. The predicted octanol–water partition coefficient (Wildman–Crippen LogP) is 4.04. The fourth-order valence-corrected chi connectivity index (χ4v) is 2.06. The maximum atomic E-state index is 5.28. The number of benzene rings is 1. The van der Waals surface area contributed by atoms with Gasteiger partial charge in [0.25, 0.3) is 0 Å². The maximum absolute atomic E-state index is 5.28. The summed E-state index contributed by atoms with van der Waals surface area (Å²) in [6.07, 6.45) is 3.38. The minimum Gasteiger partial charge on any atom is -0.467 e. The number of nitrogens with zero attached hydrogens (tertiary/aromatic N) is 2. The highest BCUT2D eigenvalue weighted by molar-refractivity contribution is 5.56. The van der Waals surface area contributed by atoms with Gasteiger partial charge in [0.15, 0.2) is 0 Å². The Morgan fingerprint density at radius 3 is 2.77 bits per heavy atom. The Morgan fingerprint density at radius 1 is 1.09 bits per heavy atom. The Hall–Kier alpha value is -2.82. The van der Waals surface area contributed by atoms with E-state index in [4.69, 9.17) is 4.42 Å². The van der Waals surface area contributed by atoms with E-state index in [9.17, 15) is 0 Å². The largest absolute Gasteiger partial charge is 0.467 e. The Balaban J connectivity index is 1.69. The zero-order valence-corrected chi connectivity index (χ0v) is 12.6. The molecule has 0 saturated heterocycles. The van der Waals surface area contributed by atoms with Crippen LogP contribution in [0.1, 0.15) is 16.9 Å². The second-order valence-electron chi connectivity index (χ2n) is 5.12. The molecule has 0 atom stereocenters. The van der Waals surface area contributed by atoms with E-state index in [0.29, 0.717) is 12.5 Å². The van der Waals surface area contributed by atoms with Crippen LogP contribution >= 0.6 is 0 Å². The van der Waals surface area contributed by atoms with Crippen molar-refractivity contribution in [3.05, 3.63) is 65.7 Å². The Bertz CT molecular complexity index is 753. The second-order valence-corrected chi connectivity index (χ2v) is 5.12. The summed E-state index contributed by atoms with van der Waals surface area (Å²) in [5.41, 5.74) is 3.48. The molecule has 0 aliphatic heterocycles. The summed E-state index contributed by atoms with van der Waals surface area (Å²) in [5.74, 6) is 2.17. The van der Waals surface area contributed by atoms with Gasteiger partial charge in [-0.15, -0.1) is 0 Å². The molecule has 22 heavy (non-hydrogen) atoms. The van der Waals surface area contributed by atoms with Gasteiger partial charge in [0, 0.05) is 11.9 Å². The lowest BCUT2D eigenvalue weighted by atomic mass is 10.1. The molecular formula is C17H18N4O. The van der Waals surface area contributed by atoms with E-state index in [-0.39, 0.29) is 0 Å². The molecule has 3 aromatic rings. The van der Waals surface area contributed by atoms with Gasteiger partial charge < -0.3 is 15.1 Å². The third-order valence-corrected chi connectivity index (χ3v) is 3.44. The molecular weight excluding hydrogens is 276 g/mol. The molecule has 0 aliphatic rings. The van der Waals surface area contributed by atoms with Gasteiger partial charge in [0.2, 0.25) is 5.95 Å². The molecule has 0 radical (unpaired) electrons. The first-order valence-corrected chi connectivity index (χ1v) is 7.14. The molecule has 2 heterocycles. The highest BCUT2D eigenvalue weighted by Crippen LogP contribution is 2.18. The van der Waals surface area contributed by atoms with Crippen LogP contribution in [-0.2, 0) is 6.54 Å². The van der Waals surface area contributed by atoms with Crippen molar-refractivity contribution in [1.29, 1.82) is 0 Å². The Kier molecular flexibility index (Phi) is 4.05. The lowest BCUT2D eigenvalue weighted by Gasteiger charge is -2.09. The van der Waals surface area contributed by atoms with Crippen LogP contribution in [0, 0.1) is 13.8 Å². The number of aromatic nitrogens is 2. The fourth-order valence-electron chi connectivity index (χ4n) is 2.06. The summed E-state index contributed by atoms with van der Waals surface area (Å²) in [6, 6.07) is 11.8. The van der Waals surface area contributed by atoms with Gasteiger partial charge in [-0.25, -0.2) is 4.98 Å². The zero-order chi connectivity index (χ0) is 15.4. The number of anilines is 3. The molecule has 5 heteroatoms. The van der Waals surface area contributed by atoms with Crippen LogP contribution < -0.4 is 10.6 Å². The molecule has 0 bridgehead atoms. The first-order valence-electron chi connectivity index (χ1n) is 7.14. The molecule has 2 aromatic heterocycles. The van der Waals surface area contributed by atoms with Gasteiger partial charge in [0.1, 0.15) is 11.6 Å². The van der Waals surface area contributed by atoms with Crippen molar-refractivity contribution < 1.29 is 4.42 Å². The summed E-state index contributed by atoms with van der Waals surface area (Å²) in [7, 11) is 0. The van der Waals surface area contributed by atoms with Crippen molar-refractivity contribution in [2.45, 2.75) is 20.4 Å². The molecule has 2 N–H and O–H groups in total. The van der Waals surface area contributed by atoms with Crippen LogP contribution in [-0.4, -0.2) is 9.97 Å². The quantitative estimate of drug-likeness (QED) is 0.743. The van der Waals surface area contributed by atoms with E-state index >= 15 is 0 Å². The number of aryl methyl sites for hydroxylation is 2. The van der Waals surface area contributed by atoms with E-state index in [2.05, 4.69) is 46.6 Å². The van der Waals surface area contributed by atoms with Crippen molar-refractivity contribution in [3.8, 4) is 0 Å². The predicted molar refractivity (Wildman–Crippen MR) is 87.3 cm³/mol. The molecule has 0 fully saturated rings. The molecule has 0 amide bonds. The van der Waals surface area contributed by atoms with E-state index in [1.807, 2.05) is 24.3 Å². The first-order chi connectivity index (χ1) is 10.7.